The minimum atomic E-state index is -2.30. The molecule has 33 heteroatoms. The molecule has 5 fully saturated rings. The molecule has 10 amide bonds. The van der Waals surface area contributed by atoms with Crippen molar-refractivity contribution in [1.29, 1.82) is 0 Å². The number of ether oxygens (including phenoxy) is 5. The number of methoxy groups -OCH3 is 1. The van der Waals surface area contributed by atoms with Crippen LogP contribution in [-0.2, 0) is 54.3 Å². The van der Waals surface area contributed by atoms with Crippen LogP contribution in [0.4, 0.5) is 10.5 Å². The van der Waals surface area contributed by atoms with E-state index >= 15 is 28.8 Å². The van der Waals surface area contributed by atoms with E-state index in [2.05, 4.69) is 53.2 Å². The van der Waals surface area contributed by atoms with Crippen LogP contribution in [-0.4, -0.2) is 177 Å². The van der Waals surface area contributed by atoms with Crippen molar-refractivity contribution in [1.82, 2.24) is 47.9 Å². The maximum Gasteiger partial charge on any atom is 0.325 e. The number of phenols is 2. The Balaban J connectivity index is 0.991. The number of hydrogen-bond acceptors (Lipinski definition) is 23. The van der Waals surface area contributed by atoms with E-state index in [0.717, 1.165) is 49.8 Å². The number of aryl methyl sites for hydroxylation is 2. The van der Waals surface area contributed by atoms with Crippen molar-refractivity contribution in [3.8, 4) is 51.4 Å². The number of amides is 10. The van der Waals surface area contributed by atoms with E-state index < -0.39 is 174 Å². The second-order valence-electron chi connectivity index (χ2n) is 31.0. The summed E-state index contributed by atoms with van der Waals surface area (Å²) in [5, 5.41) is 109. The van der Waals surface area contributed by atoms with Crippen LogP contribution in [0.2, 0.25) is 5.02 Å². The standard InChI is InChI=1S/C81H94ClN11O21/c1-34(2)19-51(84-5)73(102)92-65-67(97)41-10-15-54(35(3)20-41)111-56-29-45-30-57(72(56)114-80-71(101)70(100)69(99)58(33-83)113-80)112-55-16-11-42(28-50(55)82)68(98)66-79(108)91-64(77(106)88-61-43-23-38-22-39(25-43)26-44(61)24-38)49-31-47(94)21-36(4)60(49)48-27-40(9-14-53(48)95)62(75(104)93-66)90-76(105)63(45)89-74(103)52(86-78(65)107)32-59(96)87-81(109)85-46-12-7-37(8-13-46)17-18-110-6/h7-16,20-21,27-31,34,38-39,43-44,51-52,58,61-71,80,84,94-95,97-101H,17-19,22-26,32-33,83H2,1-6H3,(H,86,107)(H,88,106)(H,89,103)(H,90,105)(H,91,108)(H,92,102)(H,93,104)(H2,85,87,96,109)/t38?,39?,43?,44?,51-,52+,58-,61?,62-,63-,64+,65-,66+,67-,68-,69-,70+,71-,80+/m1/s1. The van der Waals surface area contributed by atoms with Crippen molar-refractivity contribution in [3.63, 3.8) is 0 Å². The minimum Gasteiger partial charge on any atom is -0.508 e. The Morgan fingerprint density at radius 2 is 1.29 bits per heavy atom. The zero-order valence-corrected chi connectivity index (χ0v) is 64.0. The Kier molecular flexibility index (Phi) is 24.5. The Morgan fingerprint density at radius 1 is 0.649 bits per heavy atom. The molecule has 6 heterocycles. The van der Waals surface area contributed by atoms with Gasteiger partial charge < -0.3 is 113 Å². The summed E-state index contributed by atoms with van der Waals surface area (Å²) in [4.78, 5) is 138. The third-order valence-corrected chi connectivity index (χ3v) is 22.8. The molecular formula is C81H94ClN11O21. The number of fused-ring (bicyclic) bond motifs is 15. The summed E-state index contributed by atoms with van der Waals surface area (Å²) < 4.78 is 31.1. The topological polar surface area (TPSA) is 488 Å². The van der Waals surface area contributed by atoms with Gasteiger partial charge in [0.05, 0.1) is 24.1 Å². The summed E-state index contributed by atoms with van der Waals surface area (Å²) in [5.41, 5.74) is 6.77. The van der Waals surface area contributed by atoms with Crippen LogP contribution in [0.15, 0.2) is 103 Å². The molecule has 0 unspecified atom stereocenters. The van der Waals surface area contributed by atoms with Crippen LogP contribution in [0.3, 0.4) is 0 Å². The number of aromatic hydroxyl groups is 2. The molecular weight excluding hydrogens is 1500 g/mol. The molecule has 0 radical (unpaired) electrons. The van der Waals surface area contributed by atoms with Gasteiger partial charge in [-0.05, 0) is 218 Å². The predicted octanol–water partition coefficient (Wildman–Crippen LogP) is 4.00. The average Bonchev–Trinajstić information content (AvgIpc) is 0.759. The van der Waals surface area contributed by atoms with E-state index in [1.165, 1.54) is 80.7 Å². The zero-order chi connectivity index (χ0) is 81.4. The van der Waals surface area contributed by atoms with Crippen molar-refractivity contribution in [2.75, 3.05) is 32.6 Å². The van der Waals surface area contributed by atoms with E-state index in [0.29, 0.717) is 24.9 Å². The van der Waals surface area contributed by atoms with Crippen LogP contribution < -0.4 is 73.1 Å². The number of imide groups is 1. The molecule has 16 rings (SSSR count). The highest BCUT2D eigenvalue weighted by molar-refractivity contribution is 6.32. The van der Waals surface area contributed by atoms with Gasteiger partial charge in [-0.2, -0.15) is 0 Å². The van der Waals surface area contributed by atoms with E-state index in [4.69, 9.17) is 41.0 Å². The number of hydrogen-bond donors (Lipinski definition) is 18. The van der Waals surface area contributed by atoms with Gasteiger partial charge in [-0.1, -0.05) is 55.8 Å². The van der Waals surface area contributed by atoms with Gasteiger partial charge in [0.2, 0.25) is 59.3 Å². The Hall–Kier alpha value is -10.5. The number of likely N-dealkylation sites (N-methyl/N-ethyl adjacent to an activating group) is 1. The lowest BCUT2D eigenvalue weighted by Gasteiger charge is -2.54. The summed E-state index contributed by atoms with van der Waals surface area (Å²) in [6.45, 7) is 6.76. The smallest absolute Gasteiger partial charge is 0.325 e. The van der Waals surface area contributed by atoms with E-state index in [1.807, 2.05) is 13.8 Å². The van der Waals surface area contributed by atoms with Crippen molar-refractivity contribution in [3.05, 3.63) is 153 Å². The maximum atomic E-state index is 16.5. The van der Waals surface area contributed by atoms with Gasteiger partial charge in [0.25, 0.3) is 0 Å². The molecule has 1 saturated heterocycles. The lowest BCUT2D eigenvalue weighted by molar-refractivity contribution is -0.270. The lowest BCUT2D eigenvalue weighted by Crippen LogP contribution is -2.60. The van der Waals surface area contributed by atoms with Gasteiger partial charge in [-0.25, -0.2) is 4.79 Å². The van der Waals surface area contributed by atoms with Gasteiger partial charge in [0.15, 0.2) is 11.5 Å². The average molecular weight is 1590 g/mol. The molecule has 0 aromatic heterocycles. The largest absolute Gasteiger partial charge is 0.508 e. The molecule has 0 spiro atoms. The molecule has 4 saturated carbocycles. The molecule has 6 aliphatic heterocycles. The molecule has 606 valence electrons. The highest BCUT2D eigenvalue weighted by Gasteiger charge is 2.51. The summed E-state index contributed by atoms with van der Waals surface area (Å²) in [5.74, 6) is -10.8. The number of phenolic OH excluding ortho intramolecular Hbond substituents is 2. The molecule has 32 nitrogen and oxygen atoms in total. The van der Waals surface area contributed by atoms with Gasteiger partial charge >= 0.3 is 6.03 Å². The van der Waals surface area contributed by atoms with E-state index in [1.54, 1.807) is 38.3 Å². The lowest BCUT2D eigenvalue weighted by atomic mass is 9.54. The first-order valence-electron chi connectivity index (χ1n) is 38.0. The van der Waals surface area contributed by atoms with Crippen molar-refractivity contribution in [2.24, 2.45) is 35.3 Å². The second-order valence-corrected chi connectivity index (χ2v) is 31.4. The van der Waals surface area contributed by atoms with Crippen molar-refractivity contribution >= 4 is 70.6 Å². The minimum absolute atomic E-state index is 0.0259. The highest BCUT2D eigenvalue weighted by atomic mass is 35.5. The predicted molar refractivity (Wildman–Crippen MR) is 409 cm³/mol. The number of carbonyl (C=O) groups excluding carboxylic acids is 9. The number of carbonyl (C=O) groups is 9. The SMILES string of the molecule is CN[C@H](CC(C)C)C(=O)N[C@H]1C(=O)N[C@@H](CC(=O)NC(=O)Nc2ccc(CCOC)cc2)C(=O)N[C@H]2C(=O)N[C@H]3C(=O)N[C@H](C(=O)N[C@H](C(=O)NC4C5CC6CC(C5)CC4C6)c4cc(O)cc(C)c4-c4cc3ccc4O)[C@H](O)c3ccc(c(Cl)c3)Oc3cc2cc(c3O[C@@H]2O[C@H](CN)[C@@H](O)[C@H](O)[C@H]2O)Oc2ccc(cc2C)[C@H]1O. The number of anilines is 1. The second kappa shape index (κ2) is 34.3. The number of rotatable bonds is 16. The molecule has 4 aliphatic carbocycles. The summed E-state index contributed by atoms with van der Waals surface area (Å²) in [6, 6.07) is 8.01. The first-order chi connectivity index (χ1) is 54.4. The van der Waals surface area contributed by atoms with Crippen molar-refractivity contribution in [2.45, 2.75) is 170 Å². The monoisotopic (exact) mass is 1590 g/mol. The normalized spacial score (nSPS) is 28.0. The molecule has 6 aromatic rings. The number of aliphatic hydroxyl groups excluding tert-OH is 5. The van der Waals surface area contributed by atoms with Crippen LogP contribution in [0, 0.1) is 43.4 Å². The number of nitrogens with two attached hydrogens (primary N) is 1. The first-order valence-corrected chi connectivity index (χ1v) is 38.3. The fourth-order valence-corrected chi connectivity index (χ4v) is 17.1. The van der Waals surface area contributed by atoms with E-state index in [9.17, 15) is 50.1 Å². The third-order valence-electron chi connectivity index (χ3n) is 22.5. The van der Waals surface area contributed by atoms with Gasteiger partial charge in [-0.15, -0.1) is 0 Å². The molecule has 6 aromatic carbocycles. The molecule has 15 bridgehead atoms. The number of urea groups is 1. The Bertz CT molecular complexity index is 4690. The summed E-state index contributed by atoms with van der Waals surface area (Å²) >= 11 is 7.20. The Morgan fingerprint density at radius 3 is 1.94 bits per heavy atom. The molecule has 19 N–H and O–H groups in total. The van der Waals surface area contributed by atoms with E-state index in [-0.39, 0.29) is 108 Å². The quantitative estimate of drug-likeness (QED) is 0.0651. The molecule has 114 heavy (non-hydrogen) atoms. The fourth-order valence-electron chi connectivity index (χ4n) is 16.9. The van der Waals surface area contributed by atoms with Crippen LogP contribution in [0.25, 0.3) is 11.1 Å². The van der Waals surface area contributed by atoms with Gasteiger partial charge in [-0.3, -0.25) is 43.7 Å². The molecule has 14 atom stereocenters. The summed E-state index contributed by atoms with van der Waals surface area (Å²) in [7, 11) is 3.05. The molecule has 10 aliphatic rings. The number of halogens is 1. The third kappa shape index (κ3) is 17.4. The summed E-state index contributed by atoms with van der Waals surface area (Å²) in [6.07, 6.45) is -9.02. The Labute approximate surface area is 660 Å². The zero-order valence-electron chi connectivity index (χ0n) is 63.2. The number of nitrogens with one attached hydrogen (secondary N) is 10. The first kappa shape index (κ1) is 81.5. The fraction of sp³-hybridized carbons (Fsp3) is 0.444. The van der Waals surface area contributed by atoms with Gasteiger partial charge in [0, 0.05) is 30.9 Å². The number of aliphatic hydroxyl groups is 5. The number of benzene rings is 6. The van der Waals surface area contributed by atoms with Crippen molar-refractivity contribution < 1.29 is 103 Å². The van der Waals surface area contributed by atoms with Crippen LogP contribution >= 0.6 is 11.6 Å². The highest BCUT2D eigenvalue weighted by Crippen LogP contribution is 2.55. The van der Waals surface area contributed by atoms with Gasteiger partial charge in [0.1, 0.15) is 95.9 Å². The maximum absolute atomic E-state index is 16.5. The van der Waals surface area contributed by atoms with Crippen LogP contribution in [0.5, 0.6) is 40.2 Å². The van der Waals surface area contributed by atoms with Crippen LogP contribution in [0.1, 0.15) is 134 Å².